The molecule has 1 aromatic rings. The average Bonchev–Trinajstić information content (AvgIpc) is 3.30. The minimum absolute atomic E-state index is 0.0180. The van der Waals surface area contributed by atoms with Gasteiger partial charge in [-0.25, -0.2) is 13.1 Å². The third-order valence-corrected chi connectivity index (χ3v) is 5.90. The maximum absolute atomic E-state index is 12.6. The number of nitrogens with one attached hydrogen (secondary N) is 1. The Hall–Kier alpha value is -1.15. The summed E-state index contributed by atoms with van der Waals surface area (Å²) in [5.74, 6) is -0.209. The molecule has 1 saturated carbocycles. The molecule has 0 bridgehead atoms. The first kappa shape index (κ1) is 16.7. The molecule has 1 aliphatic carbocycles. The Morgan fingerprint density at radius 1 is 1.39 bits per heavy atom. The van der Waals surface area contributed by atoms with Crippen LogP contribution in [0, 0.1) is 0 Å². The quantitative estimate of drug-likeness (QED) is 0.887. The Balaban J connectivity index is 1.86. The molecular weight excluding hydrogens is 340 g/mol. The van der Waals surface area contributed by atoms with Crippen LogP contribution in [0.4, 0.5) is 0 Å². The molecule has 0 aromatic heterocycles. The molecule has 1 heterocycles. The molecule has 1 saturated heterocycles. The van der Waals surface area contributed by atoms with E-state index in [1.807, 2.05) is 6.92 Å². The molecule has 0 spiro atoms. The lowest BCUT2D eigenvalue weighted by atomic mass is 10.2. The first-order valence-corrected chi connectivity index (χ1v) is 9.46. The summed E-state index contributed by atoms with van der Waals surface area (Å²) < 4.78 is 32.7. The second kappa shape index (κ2) is 6.39. The van der Waals surface area contributed by atoms with Crippen LogP contribution in [0.2, 0.25) is 5.02 Å². The maximum atomic E-state index is 12.6. The van der Waals surface area contributed by atoms with E-state index in [1.165, 1.54) is 12.1 Å². The zero-order valence-electron chi connectivity index (χ0n) is 12.8. The van der Waals surface area contributed by atoms with E-state index in [4.69, 9.17) is 16.3 Å². The summed E-state index contributed by atoms with van der Waals surface area (Å²) in [7, 11) is -3.70. The van der Waals surface area contributed by atoms with Crippen molar-refractivity contribution in [2.45, 2.75) is 36.8 Å². The van der Waals surface area contributed by atoms with Crippen LogP contribution in [0.5, 0.6) is 0 Å². The fourth-order valence-corrected chi connectivity index (χ4v) is 4.34. The van der Waals surface area contributed by atoms with Gasteiger partial charge in [0.25, 0.3) is 5.91 Å². The molecule has 6 nitrogen and oxygen atoms in total. The molecule has 2 fully saturated rings. The summed E-state index contributed by atoms with van der Waals surface area (Å²) in [6.07, 6.45) is 1.64. The van der Waals surface area contributed by atoms with E-state index >= 15 is 0 Å². The van der Waals surface area contributed by atoms with E-state index in [2.05, 4.69) is 4.72 Å². The molecule has 1 amide bonds. The lowest BCUT2D eigenvalue weighted by Crippen LogP contribution is -2.44. The first-order chi connectivity index (χ1) is 10.9. The van der Waals surface area contributed by atoms with E-state index in [-0.39, 0.29) is 28.0 Å². The van der Waals surface area contributed by atoms with Crippen LogP contribution >= 0.6 is 11.6 Å². The number of hydrogen-bond donors (Lipinski definition) is 1. The second-order valence-electron chi connectivity index (χ2n) is 5.97. The number of hydrogen-bond acceptors (Lipinski definition) is 4. The van der Waals surface area contributed by atoms with Crippen LogP contribution in [0.25, 0.3) is 0 Å². The number of sulfonamides is 1. The highest BCUT2D eigenvalue weighted by atomic mass is 35.5. The number of halogens is 1. The summed E-state index contributed by atoms with van der Waals surface area (Å²) in [4.78, 5) is 14.2. The minimum atomic E-state index is -3.70. The van der Waals surface area contributed by atoms with Crippen molar-refractivity contribution in [1.29, 1.82) is 0 Å². The van der Waals surface area contributed by atoms with Crippen molar-refractivity contribution in [1.82, 2.24) is 9.62 Å². The molecule has 1 aromatic carbocycles. The zero-order chi connectivity index (χ0) is 16.6. The third-order valence-electron chi connectivity index (χ3n) is 3.90. The van der Waals surface area contributed by atoms with Crippen molar-refractivity contribution in [2.24, 2.45) is 0 Å². The van der Waals surface area contributed by atoms with E-state index in [1.54, 1.807) is 11.0 Å². The van der Waals surface area contributed by atoms with Crippen molar-refractivity contribution in [3.63, 3.8) is 0 Å². The molecular formula is C15H19ClN2O4S. The molecule has 3 rings (SSSR count). The first-order valence-electron chi connectivity index (χ1n) is 7.59. The van der Waals surface area contributed by atoms with Crippen LogP contribution in [-0.2, 0) is 14.8 Å². The Kier molecular flexibility index (Phi) is 4.64. The summed E-state index contributed by atoms with van der Waals surface area (Å²) in [6.45, 7) is 3.36. The van der Waals surface area contributed by atoms with Crippen LogP contribution in [0.15, 0.2) is 23.1 Å². The molecule has 0 unspecified atom stereocenters. The summed E-state index contributed by atoms with van der Waals surface area (Å²) in [6, 6.07) is 4.35. The molecule has 8 heteroatoms. The maximum Gasteiger partial charge on any atom is 0.254 e. The van der Waals surface area contributed by atoms with Gasteiger partial charge in [-0.05, 0) is 38.0 Å². The number of amides is 1. The normalized spacial score (nSPS) is 22.2. The molecule has 1 aliphatic heterocycles. The molecule has 1 N–H and O–H groups in total. The summed E-state index contributed by atoms with van der Waals surface area (Å²) >= 11 is 6.03. The largest absolute Gasteiger partial charge is 0.375 e. The standard InChI is InChI=1S/C15H19ClN2O4S/c1-10-9-18(6-7-22-10)15(19)11-2-5-13(16)14(8-11)23(20,21)17-12-3-4-12/h2,5,8,10,12,17H,3-4,6-7,9H2,1H3/t10-/m0/s1. The lowest BCUT2D eigenvalue weighted by Gasteiger charge is -2.31. The van der Waals surface area contributed by atoms with Crippen LogP contribution < -0.4 is 4.72 Å². The predicted molar refractivity (Wildman–Crippen MR) is 86.1 cm³/mol. The van der Waals surface area contributed by atoms with Gasteiger partial charge in [0.15, 0.2) is 0 Å². The topological polar surface area (TPSA) is 75.7 Å². The summed E-state index contributed by atoms with van der Waals surface area (Å²) in [5, 5.41) is 0.116. The van der Waals surface area contributed by atoms with Crippen molar-refractivity contribution >= 4 is 27.5 Å². The molecule has 1 atom stereocenters. The Bertz CT molecular complexity index is 718. The van der Waals surface area contributed by atoms with Crippen molar-refractivity contribution in [3.05, 3.63) is 28.8 Å². The van der Waals surface area contributed by atoms with Crippen LogP contribution in [0.3, 0.4) is 0 Å². The lowest BCUT2D eigenvalue weighted by molar-refractivity contribution is -0.0124. The number of nitrogens with zero attached hydrogens (tertiary/aromatic N) is 1. The van der Waals surface area contributed by atoms with Gasteiger partial charge in [-0.15, -0.1) is 0 Å². The molecule has 2 aliphatic rings. The van der Waals surface area contributed by atoms with Gasteiger partial charge < -0.3 is 9.64 Å². The van der Waals surface area contributed by atoms with Crippen molar-refractivity contribution in [2.75, 3.05) is 19.7 Å². The monoisotopic (exact) mass is 358 g/mol. The fraction of sp³-hybridized carbons (Fsp3) is 0.533. The minimum Gasteiger partial charge on any atom is -0.375 e. The van der Waals surface area contributed by atoms with E-state index in [0.717, 1.165) is 12.8 Å². The van der Waals surface area contributed by atoms with Gasteiger partial charge in [0.2, 0.25) is 10.0 Å². The third kappa shape index (κ3) is 3.85. The van der Waals surface area contributed by atoms with Gasteiger partial charge in [-0.1, -0.05) is 11.6 Å². The summed E-state index contributed by atoms with van der Waals surface area (Å²) in [5.41, 5.74) is 0.319. The fourth-order valence-electron chi connectivity index (χ4n) is 2.51. The Morgan fingerprint density at radius 2 is 2.13 bits per heavy atom. The number of morpholine rings is 1. The number of ether oxygens (including phenoxy) is 1. The van der Waals surface area contributed by atoms with Crippen LogP contribution in [-0.4, -0.2) is 51.1 Å². The zero-order valence-corrected chi connectivity index (χ0v) is 14.4. The predicted octanol–water partition coefficient (Wildman–Crippen LogP) is 1.64. The smallest absolute Gasteiger partial charge is 0.254 e. The number of benzene rings is 1. The molecule has 0 radical (unpaired) electrons. The highest BCUT2D eigenvalue weighted by Gasteiger charge is 2.30. The molecule has 23 heavy (non-hydrogen) atoms. The van der Waals surface area contributed by atoms with E-state index < -0.39 is 10.0 Å². The van der Waals surface area contributed by atoms with Gasteiger partial charge in [0.1, 0.15) is 4.90 Å². The van der Waals surface area contributed by atoms with Crippen molar-refractivity contribution in [3.8, 4) is 0 Å². The van der Waals surface area contributed by atoms with Gasteiger partial charge in [0, 0.05) is 24.7 Å². The average molecular weight is 359 g/mol. The van der Waals surface area contributed by atoms with Crippen molar-refractivity contribution < 1.29 is 17.9 Å². The molecule has 126 valence electrons. The Morgan fingerprint density at radius 3 is 2.78 bits per heavy atom. The Labute approximate surface area is 140 Å². The van der Waals surface area contributed by atoms with Crippen LogP contribution in [0.1, 0.15) is 30.1 Å². The van der Waals surface area contributed by atoms with E-state index in [0.29, 0.717) is 25.3 Å². The number of rotatable bonds is 4. The van der Waals surface area contributed by atoms with E-state index in [9.17, 15) is 13.2 Å². The highest BCUT2D eigenvalue weighted by Crippen LogP contribution is 2.27. The van der Waals surface area contributed by atoms with Gasteiger partial charge in [-0.2, -0.15) is 0 Å². The highest BCUT2D eigenvalue weighted by molar-refractivity contribution is 7.89. The second-order valence-corrected chi connectivity index (χ2v) is 8.06. The SMILES string of the molecule is C[C@H]1CN(C(=O)c2ccc(Cl)c(S(=O)(=O)NC3CC3)c2)CCO1. The number of carbonyl (C=O) groups is 1. The van der Waals surface area contributed by atoms with Gasteiger partial charge >= 0.3 is 0 Å². The van der Waals surface area contributed by atoms with Gasteiger partial charge in [-0.3, -0.25) is 4.79 Å². The van der Waals surface area contributed by atoms with Gasteiger partial charge in [0.05, 0.1) is 17.7 Å². The number of carbonyl (C=O) groups excluding carboxylic acids is 1.